The number of nitrogens with zero attached hydrogens (tertiary/aromatic N) is 1. The van der Waals surface area contributed by atoms with Crippen LogP contribution in [0.3, 0.4) is 0 Å². The quantitative estimate of drug-likeness (QED) is 0.651. The Morgan fingerprint density at radius 2 is 1.86 bits per heavy atom. The van der Waals surface area contributed by atoms with Gasteiger partial charge in [-0.2, -0.15) is 5.10 Å². The Bertz CT molecular complexity index is 645. The lowest BCUT2D eigenvalue weighted by Crippen LogP contribution is -1.95. The summed E-state index contributed by atoms with van der Waals surface area (Å²) in [6, 6.07) is 9.61. The minimum atomic E-state index is -0.284. The van der Waals surface area contributed by atoms with E-state index in [-0.39, 0.29) is 5.82 Å². The Balaban J connectivity index is 2.13. The molecule has 0 amide bonds. The lowest BCUT2D eigenvalue weighted by Gasteiger charge is -2.10. The van der Waals surface area contributed by atoms with E-state index in [0.29, 0.717) is 17.2 Å². The van der Waals surface area contributed by atoms with Gasteiger partial charge in [0.2, 0.25) is 0 Å². The maximum absolute atomic E-state index is 12.8. The van der Waals surface area contributed by atoms with Crippen molar-refractivity contribution < 1.29 is 13.9 Å². The van der Waals surface area contributed by atoms with Crippen LogP contribution in [-0.2, 0) is 0 Å². The zero-order valence-corrected chi connectivity index (χ0v) is 13.1. The fraction of sp³-hybridized carbons (Fsp3) is 0.133. The normalized spacial score (nSPS) is 10.7. The third-order valence-corrected chi connectivity index (χ3v) is 3.30. The van der Waals surface area contributed by atoms with Crippen LogP contribution >= 0.6 is 15.9 Å². The highest BCUT2D eigenvalue weighted by atomic mass is 79.9. The monoisotopic (exact) mass is 352 g/mol. The van der Waals surface area contributed by atoms with Crippen molar-refractivity contribution in [1.82, 2.24) is 0 Å². The lowest BCUT2D eigenvalue weighted by atomic mass is 10.2. The lowest BCUT2D eigenvalue weighted by molar-refractivity contribution is 0.353. The minimum Gasteiger partial charge on any atom is -0.493 e. The summed E-state index contributed by atoms with van der Waals surface area (Å²) in [6.07, 6.45) is 1.63. The van der Waals surface area contributed by atoms with Gasteiger partial charge in [0.15, 0.2) is 11.5 Å². The molecular formula is C15H14BrFN2O2. The first-order chi connectivity index (χ1) is 10.1. The maximum atomic E-state index is 12.8. The smallest absolute Gasteiger partial charge is 0.174 e. The topological polar surface area (TPSA) is 42.8 Å². The second kappa shape index (κ2) is 7.08. The molecule has 0 unspecified atom stereocenters. The molecule has 0 aliphatic rings. The highest BCUT2D eigenvalue weighted by Gasteiger charge is 2.09. The van der Waals surface area contributed by atoms with Crippen LogP contribution in [0.2, 0.25) is 0 Å². The second-order valence-corrected chi connectivity index (χ2v) is 4.97. The maximum Gasteiger partial charge on any atom is 0.174 e. The summed E-state index contributed by atoms with van der Waals surface area (Å²) in [5.74, 6) is 0.949. The molecule has 0 aromatic heterocycles. The van der Waals surface area contributed by atoms with Crippen molar-refractivity contribution in [3.63, 3.8) is 0 Å². The van der Waals surface area contributed by atoms with Crippen LogP contribution < -0.4 is 14.9 Å². The molecule has 0 spiro atoms. The molecule has 6 heteroatoms. The Kier molecular flexibility index (Phi) is 5.16. The molecule has 0 aliphatic carbocycles. The number of ether oxygens (including phenoxy) is 2. The predicted octanol–water partition coefficient (Wildman–Crippen LogP) is 4.05. The van der Waals surface area contributed by atoms with E-state index in [9.17, 15) is 4.39 Å². The average molecular weight is 353 g/mol. The summed E-state index contributed by atoms with van der Waals surface area (Å²) in [5.41, 5.74) is 4.35. The molecule has 21 heavy (non-hydrogen) atoms. The Morgan fingerprint density at radius 1 is 1.14 bits per heavy atom. The zero-order chi connectivity index (χ0) is 15.2. The van der Waals surface area contributed by atoms with Crippen molar-refractivity contribution in [2.45, 2.75) is 0 Å². The third-order valence-electron chi connectivity index (χ3n) is 2.71. The summed E-state index contributed by atoms with van der Waals surface area (Å²) < 4.78 is 24.0. The van der Waals surface area contributed by atoms with Gasteiger partial charge in [0.1, 0.15) is 5.82 Å². The van der Waals surface area contributed by atoms with E-state index in [1.165, 1.54) is 12.1 Å². The molecule has 0 radical (unpaired) electrons. The number of hydrogen-bond acceptors (Lipinski definition) is 4. The number of benzene rings is 2. The van der Waals surface area contributed by atoms with E-state index in [2.05, 4.69) is 26.5 Å². The second-order valence-electron chi connectivity index (χ2n) is 4.12. The van der Waals surface area contributed by atoms with Crippen molar-refractivity contribution >= 4 is 27.8 Å². The average Bonchev–Trinajstić information content (AvgIpc) is 2.48. The standard InChI is InChI=1S/C15H14BrFN2O2/c1-20-14-8-10(7-13(16)15(14)21-2)9-18-19-12-5-3-11(17)4-6-12/h3-9,19H,1-2H3/b18-9+. The van der Waals surface area contributed by atoms with Gasteiger partial charge in [0, 0.05) is 0 Å². The van der Waals surface area contributed by atoms with Crippen molar-refractivity contribution in [2.75, 3.05) is 19.6 Å². The van der Waals surface area contributed by atoms with E-state index in [1.807, 2.05) is 6.07 Å². The summed E-state index contributed by atoms with van der Waals surface area (Å²) in [6.45, 7) is 0. The largest absolute Gasteiger partial charge is 0.493 e. The fourth-order valence-corrected chi connectivity index (χ4v) is 2.34. The number of methoxy groups -OCH3 is 2. The Labute approximate surface area is 130 Å². The van der Waals surface area contributed by atoms with Gasteiger partial charge in [0.25, 0.3) is 0 Å². The van der Waals surface area contributed by atoms with Crippen LogP contribution in [0.5, 0.6) is 11.5 Å². The molecule has 0 saturated carbocycles. The van der Waals surface area contributed by atoms with Crippen molar-refractivity contribution in [3.8, 4) is 11.5 Å². The van der Waals surface area contributed by atoms with E-state index in [1.54, 1.807) is 38.6 Å². The zero-order valence-electron chi connectivity index (χ0n) is 11.6. The first-order valence-electron chi connectivity index (χ1n) is 6.10. The van der Waals surface area contributed by atoms with Gasteiger partial charge in [-0.05, 0) is 57.9 Å². The van der Waals surface area contributed by atoms with Gasteiger partial charge in [-0.1, -0.05) is 0 Å². The third kappa shape index (κ3) is 3.95. The van der Waals surface area contributed by atoms with Crippen LogP contribution in [0.15, 0.2) is 46.0 Å². The van der Waals surface area contributed by atoms with Crippen molar-refractivity contribution in [2.24, 2.45) is 5.10 Å². The van der Waals surface area contributed by atoms with Gasteiger partial charge in [-0.15, -0.1) is 0 Å². The van der Waals surface area contributed by atoms with Gasteiger partial charge < -0.3 is 9.47 Å². The van der Waals surface area contributed by atoms with E-state index < -0.39 is 0 Å². The highest BCUT2D eigenvalue weighted by Crippen LogP contribution is 2.35. The molecule has 0 bridgehead atoms. The summed E-state index contributed by atoms with van der Waals surface area (Å²) in [7, 11) is 3.15. The Morgan fingerprint density at radius 3 is 2.48 bits per heavy atom. The van der Waals surface area contributed by atoms with E-state index in [4.69, 9.17) is 9.47 Å². The molecular weight excluding hydrogens is 339 g/mol. The molecule has 0 atom stereocenters. The molecule has 4 nitrogen and oxygen atoms in total. The van der Waals surface area contributed by atoms with Gasteiger partial charge >= 0.3 is 0 Å². The van der Waals surface area contributed by atoms with Gasteiger partial charge in [0.05, 0.1) is 30.6 Å². The molecule has 0 fully saturated rings. The van der Waals surface area contributed by atoms with Crippen molar-refractivity contribution in [1.29, 1.82) is 0 Å². The number of anilines is 1. The highest BCUT2D eigenvalue weighted by molar-refractivity contribution is 9.10. The number of rotatable bonds is 5. The number of nitrogens with one attached hydrogen (secondary N) is 1. The molecule has 110 valence electrons. The molecule has 2 aromatic rings. The van der Waals surface area contributed by atoms with Crippen LogP contribution in [0.25, 0.3) is 0 Å². The SMILES string of the molecule is COc1cc(/C=N/Nc2ccc(F)cc2)cc(Br)c1OC. The summed E-state index contributed by atoms with van der Waals surface area (Å²) in [5, 5.41) is 4.10. The first kappa shape index (κ1) is 15.3. The number of hydrazone groups is 1. The number of halogens is 2. The molecule has 1 N–H and O–H groups in total. The predicted molar refractivity (Wildman–Crippen MR) is 84.9 cm³/mol. The summed E-state index contributed by atoms with van der Waals surface area (Å²) >= 11 is 3.42. The summed E-state index contributed by atoms with van der Waals surface area (Å²) in [4.78, 5) is 0. The van der Waals surface area contributed by atoms with Gasteiger partial charge in [-0.25, -0.2) is 4.39 Å². The molecule has 0 saturated heterocycles. The van der Waals surface area contributed by atoms with Crippen LogP contribution in [-0.4, -0.2) is 20.4 Å². The fourth-order valence-electron chi connectivity index (χ4n) is 1.72. The number of hydrogen-bond donors (Lipinski definition) is 1. The van der Waals surface area contributed by atoms with E-state index in [0.717, 1.165) is 10.0 Å². The van der Waals surface area contributed by atoms with Crippen LogP contribution in [0.1, 0.15) is 5.56 Å². The van der Waals surface area contributed by atoms with Gasteiger partial charge in [-0.3, -0.25) is 5.43 Å². The Hall–Kier alpha value is -2.08. The molecule has 2 aromatic carbocycles. The van der Waals surface area contributed by atoms with Crippen molar-refractivity contribution in [3.05, 3.63) is 52.3 Å². The van der Waals surface area contributed by atoms with E-state index >= 15 is 0 Å². The first-order valence-corrected chi connectivity index (χ1v) is 6.89. The van der Waals surface area contributed by atoms with Crippen LogP contribution in [0, 0.1) is 5.82 Å². The minimum absolute atomic E-state index is 0.284. The molecule has 2 rings (SSSR count). The molecule has 0 heterocycles. The molecule has 0 aliphatic heterocycles. The van der Waals surface area contributed by atoms with Crippen LogP contribution in [0.4, 0.5) is 10.1 Å².